The zero-order chi connectivity index (χ0) is 8.55. The van der Waals surface area contributed by atoms with Crippen molar-refractivity contribution in [1.29, 1.82) is 0 Å². The molecule has 0 amide bonds. The number of hydrogen-bond acceptors (Lipinski definition) is 4. The highest BCUT2D eigenvalue weighted by Crippen LogP contribution is 2.20. The Morgan fingerprint density at radius 2 is 2.08 bits per heavy atom. The van der Waals surface area contributed by atoms with Crippen molar-refractivity contribution >= 4 is 23.6 Å². The molecular formula is C7H10N2OS2. The van der Waals surface area contributed by atoms with E-state index in [9.17, 15) is 5.11 Å². The van der Waals surface area contributed by atoms with E-state index in [2.05, 4.69) is 5.01 Å². The van der Waals surface area contributed by atoms with E-state index in [0.29, 0.717) is 0 Å². The summed E-state index contributed by atoms with van der Waals surface area (Å²) in [7, 11) is 0. The molecule has 0 spiro atoms. The minimum absolute atomic E-state index is 0.270. The molecule has 1 saturated heterocycles. The fourth-order valence-corrected chi connectivity index (χ4v) is 2.43. The van der Waals surface area contributed by atoms with Crippen molar-refractivity contribution in [3.05, 3.63) is 9.33 Å². The normalized spacial score (nSPS) is 17.2. The van der Waals surface area contributed by atoms with E-state index in [-0.39, 0.29) is 5.88 Å². The smallest absolute Gasteiger partial charge is 0.222 e. The number of aromatic hydroxyl groups is 1. The second-order valence-corrected chi connectivity index (χ2v) is 4.34. The average Bonchev–Trinajstić information content (AvgIpc) is 2.61. The van der Waals surface area contributed by atoms with Crippen LogP contribution in [0.15, 0.2) is 5.38 Å². The largest absolute Gasteiger partial charge is 0.493 e. The maximum absolute atomic E-state index is 9.46. The van der Waals surface area contributed by atoms with E-state index < -0.39 is 0 Å². The second-order valence-electron chi connectivity index (χ2n) is 2.83. The molecule has 0 atom stereocenters. The quantitative estimate of drug-likeness (QED) is 0.703. The third-order valence-corrected chi connectivity index (χ3v) is 3.19. The predicted octanol–water partition coefficient (Wildman–Crippen LogP) is 1.72. The van der Waals surface area contributed by atoms with Crippen LogP contribution in [0.5, 0.6) is 5.88 Å². The Balaban J connectivity index is 2.37. The van der Waals surface area contributed by atoms with Crippen molar-refractivity contribution in [2.45, 2.75) is 12.8 Å². The first-order valence-corrected chi connectivity index (χ1v) is 5.22. The van der Waals surface area contributed by atoms with Crippen LogP contribution in [0.2, 0.25) is 0 Å². The van der Waals surface area contributed by atoms with Gasteiger partial charge in [0.15, 0.2) is 3.95 Å². The van der Waals surface area contributed by atoms with Crippen molar-refractivity contribution in [2.24, 2.45) is 0 Å². The Kier molecular flexibility index (Phi) is 2.06. The molecule has 0 aromatic carbocycles. The Morgan fingerprint density at radius 1 is 1.42 bits per heavy atom. The molecular weight excluding hydrogens is 192 g/mol. The minimum Gasteiger partial charge on any atom is -0.493 e. The van der Waals surface area contributed by atoms with Crippen LogP contribution in [-0.4, -0.2) is 22.9 Å². The van der Waals surface area contributed by atoms with Gasteiger partial charge in [-0.2, -0.15) is 0 Å². The topological polar surface area (TPSA) is 28.4 Å². The number of nitrogens with zero attached hydrogens (tertiary/aromatic N) is 2. The summed E-state index contributed by atoms with van der Waals surface area (Å²) in [6, 6.07) is 0. The van der Waals surface area contributed by atoms with Crippen LogP contribution in [-0.2, 0) is 0 Å². The molecule has 1 aliphatic rings. The lowest BCUT2D eigenvalue weighted by atomic mass is 10.4. The summed E-state index contributed by atoms with van der Waals surface area (Å²) in [6.45, 7) is 2.00. The summed E-state index contributed by atoms with van der Waals surface area (Å²) < 4.78 is 2.46. The first-order valence-electron chi connectivity index (χ1n) is 3.94. The molecule has 5 heteroatoms. The Hall–Kier alpha value is -0.550. The van der Waals surface area contributed by atoms with E-state index in [1.807, 2.05) is 0 Å². The molecule has 1 aromatic heterocycles. The van der Waals surface area contributed by atoms with Crippen LogP contribution < -0.4 is 5.01 Å². The molecule has 1 N–H and O–H groups in total. The zero-order valence-corrected chi connectivity index (χ0v) is 8.20. The molecule has 12 heavy (non-hydrogen) atoms. The minimum atomic E-state index is 0.270. The van der Waals surface area contributed by atoms with Crippen molar-refractivity contribution in [1.82, 2.24) is 4.68 Å². The van der Waals surface area contributed by atoms with E-state index in [1.54, 1.807) is 10.1 Å². The monoisotopic (exact) mass is 202 g/mol. The standard InChI is InChI=1S/C7H10N2OS2/c10-6-5-12-7(11)9(6)8-3-1-2-4-8/h5,10H,1-4H2. The van der Waals surface area contributed by atoms with Gasteiger partial charge in [-0.25, -0.2) is 4.68 Å². The number of rotatable bonds is 1. The van der Waals surface area contributed by atoms with Gasteiger partial charge in [0.05, 0.1) is 5.38 Å². The highest BCUT2D eigenvalue weighted by atomic mass is 32.1. The average molecular weight is 202 g/mol. The predicted molar refractivity (Wildman–Crippen MR) is 52.0 cm³/mol. The third kappa shape index (κ3) is 1.23. The highest BCUT2D eigenvalue weighted by Gasteiger charge is 2.15. The molecule has 0 unspecified atom stereocenters. The fourth-order valence-electron chi connectivity index (χ4n) is 1.46. The molecule has 0 radical (unpaired) electrons. The van der Waals surface area contributed by atoms with Gasteiger partial charge in [-0.05, 0) is 25.1 Å². The molecule has 1 aromatic rings. The first kappa shape index (κ1) is 8.07. The van der Waals surface area contributed by atoms with Crippen molar-refractivity contribution in [2.75, 3.05) is 18.1 Å². The first-order chi connectivity index (χ1) is 5.79. The van der Waals surface area contributed by atoms with Gasteiger partial charge in [-0.15, -0.1) is 11.3 Å². The van der Waals surface area contributed by atoms with Gasteiger partial charge in [0.2, 0.25) is 5.88 Å². The number of thiazole rings is 1. The summed E-state index contributed by atoms with van der Waals surface area (Å²) in [5, 5.41) is 13.2. The van der Waals surface area contributed by atoms with Crippen molar-refractivity contribution < 1.29 is 5.11 Å². The van der Waals surface area contributed by atoms with Gasteiger partial charge >= 0.3 is 0 Å². The summed E-state index contributed by atoms with van der Waals surface area (Å²) in [5.41, 5.74) is 0. The molecule has 2 heterocycles. The fraction of sp³-hybridized carbons (Fsp3) is 0.571. The molecule has 0 aliphatic carbocycles. The molecule has 2 rings (SSSR count). The molecule has 1 fully saturated rings. The summed E-state index contributed by atoms with van der Waals surface area (Å²) in [5.74, 6) is 0.270. The van der Waals surface area contributed by atoms with E-state index in [0.717, 1.165) is 17.0 Å². The van der Waals surface area contributed by atoms with Gasteiger partial charge < -0.3 is 10.1 Å². The SMILES string of the molecule is Oc1csc(=S)n1N1CCCC1. The van der Waals surface area contributed by atoms with Crippen molar-refractivity contribution in [3.63, 3.8) is 0 Å². The van der Waals surface area contributed by atoms with Crippen molar-refractivity contribution in [3.8, 4) is 5.88 Å². The summed E-state index contributed by atoms with van der Waals surface area (Å²) >= 11 is 6.49. The number of aromatic nitrogens is 1. The van der Waals surface area contributed by atoms with Crippen LogP contribution in [0.1, 0.15) is 12.8 Å². The third-order valence-electron chi connectivity index (χ3n) is 2.02. The van der Waals surface area contributed by atoms with E-state index in [4.69, 9.17) is 12.2 Å². The van der Waals surface area contributed by atoms with E-state index >= 15 is 0 Å². The van der Waals surface area contributed by atoms with Crippen LogP contribution in [0, 0.1) is 3.95 Å². The second kappa shape index (κ2) is 3.06. The van der Waals surface area contributed by atoms with Gasteiger partial charge in [-0.1, -0.05) is 0 Å². The molecule has 0 bridgehead atoms. The molecule has 1 aliphatic heterocycles. The maximum atomic E-state index is 9.46. The molecule has 3 nitrogen and oxygen atoms in total. The van der Waals surface area contributed by atoms with Gasteiger partial charge in [0.1, 0.15) is 0 Å². The molecule has 66 valence electrons. The summed E-state index contributed by atoms with van der Waals surface area (Å²) in [6.07, 6.45) is 2.38. The lowest BCUT2D eigenvalue weighted by molar-refractivity contribution is 0.412. The Labute approximate surface area is 79.8 Å². The lowest BCUT2D eigenvalue weighted by Gasteiger charge is -2.18. The number of hydrogen-bond donors (Lipinski definition) is 1. The summed E-state index contributed by atoms with van der Waals surface area (Å²) in [4.78, 5) is 0. The Morgan fingerprint density at radius 3 is 2.58 bits per heavy atom. The van der Waals surface area contributed by atoms with Crippen LogP contribution >= 0.6 is 23.6 Å². The lowest BCUT2D eigenvalue weighted by Crippen LogP contribution is -2.30. The van der Waals surface area contributed by atoms with Gasteiger partial charge in [0, 0.05) is 13.1 Å². The molecule has 0 saturated carbocycles. The maximum Gasteiger partial charge on any atom is 0.222 e. The Bertz CT molecular complexity index is 324. The van der Waals surface area contributed by atoms with Gasteiger partial charge in [-0.3, -0.25) is 0 Å². The van der Waals surface area contributed by atoms with Crippen LogP contribution in [0.3, 0.4) is 0 Å². The van der Waals surface area contributed by atoms with Crippen LogP contribution in [0.25, 0.3) is 0 Å². The van der Waals surface area contributed by atoms with E-state index in [1.165, 1.54) is 24.2 Å². The zero-order valence-electron chi connectivity index (χ0n) is 6.56. The highest BCUT2D eigenvalue weighted by molar-refractivity contribution is 7.73. The van der Waals surface area contributed by atoms with Crippen LogP contribution in [0.4, 0.5) is 0 Å². The van der Waals surface area contributed by atoms with Gasteiger partial charge in [0.25, 0.3) is 0 Å².